The van der Waals surface area contributed by atoms with Crippen LogP contribution in [-0.4, -0.2) is 52.3 Å². The summed E-state index contributed by atoms with van der Waals surface area (Å²) in [7, 11) is 0. The summed E-state index contributed by atoms with van der Waals surface area (Å²) in [6, 6.07) is 0. The number of rotatable bonds is 2. The minimum atomic E-state index is -1.54. The first kappa shape index (κ1) is 21.5. The van der Waals surface area contributed by atoms with Gasteiger partial charge in [-0.3, -0.25) is 14.4 Å². The van der Waals surface area contributed by atoms with E-state index in [0.29, 0.717) is 18.4 Å². The maximum absolute atomic E-state index is 13.3. The van der Waals surface area contributed by atoms with Crippen LogP contribution in [0.15, 0.2) is 11.6 Å². The molecule has 4 rings (SSSR count). The Bertz CT molecular complexity index is 881. The molecule has 1 N–H and O–H groups in total. The number of hydrogen-bond donors (Lipinski definition) is 1. The number of hydrogen-bond acceptors (Lipinski definition) is 7. The van der Waals surface area contributed by atoms with Gasteiger partial charge in [-0.15, -0.1) is 11.6 Å². The Labute approximate surface area is 180 Å². The Morgan fingerprint density at radius 3 is 2.53 bits per heavy atom. The number of esters is 2. The molecule has 164 valence electrons. The summed E-state index contributed by atoms with van der Waals surface area (Å²) in [5.41, 5.74) is -2.44. The highest BCUT2D eigenvalue weighted by Gasteiger charge is 2.73. The standard InChI is InChI=1S/C22H27ClO7/c1-10(24)22(30-11(2)25)8-14(26)17-16-12(5-6-21(17,22)4)20(3)9-29-15(27)7-13(20)18(23)19(16)28/h7,12,16-19,28H,5-6,8-9H2,1-4H3/t12?,16?,17?,18-,19?,20?,21?,22-/m0/s1. The number of aliphatic hydroxyl groups excluding tert-OH is 1. The van der Waals surface area contributed by atoms with Gasteiger partial charge in [0.15, 0.2) is 11.4 Å². The molecule has 8 atom stereocenters. The Kier molecular flexibility index (Phi) is 4.75. The number of carbonyl (C=O) groups excluding carboxylic acids is 4. The van der Waals surface area contributed by atoms with E-state index < -0.39 is 51.7 Å². The number of halogens is 1. The molecule has 0 radical (unpaired) electrons. The Morgan fingerprint density at radius 2 is 1.93 bits per heavy atom. The summed E-state index contributed by atoms with van der Waals surface area (Å²) in [5, 5.41) is 10.4. The summed E-state index contributed by atoms with van der Waals surface area (Å²) in [4.78, 5) is 49.8. The van der Waals surface area contributed by atoms with E-state index in [0.717, 1.165) is 0 Å². The maximum atomic E-state index is 13.3. The van der Waals surface area contributed by atoms with Crippen molar-refractivity contribution in [3.63, 3.8) is 0 Å². The molecule has 3 fully saturated rings. The second kappa shape index (κ2) is 6.63. The molecule has 0 spiro atoms. The predicted molar refractivity (Wildman–Crippen MR) is 105 cm³/mol. The van der Waals surface area contributed by atoms with Crippen molar-refractivity contribution >= 4 is 35.1 Å². The summed E-state index contributed by atoms with van der Waals surface area (Å²) >= 11 is 6.63. The largest absolute Gasteiger partial charge is 0.462 e. The maximum Gasteiger partial charge on any atom is 0.330 e. The van der Waals surface area contributed by atoms with Crippen LogP contribution in [0.25, 0.3) is 0 Å². The molecule has 6 unspecified atom stereocenters. The number of aliphatic hydroxyl groups is 1. The van der Waals surface area contributed by atoms with Crippen molar-refractivity contribution in [1.82, 2.24) is 0 Å². The predicted octanol–water partition coefficient (Wildman–Crippen LogP) is 1.97. The van der Waals surface area contributed by atoms with Crippen LogP contribution in [0.2, 0.25) is 0 Å². The van der Waals surface area contributed by atoms with Gasteiger partial charge < -0.3 is 14.6 Å². The van der Waals surface area contributed by atoms with Gasteiger partial charge in [0, 0.05) is 35.7 Å². The van der Waals surface area contributed by atoms with Gasteiger partial charge in [-0.1, -0.05) is 13.8 Å². The molecule has 3 aliphatic carbocycles. The number of fused-ring (bicyclic) bond motifs is 5. The van der Waals surface area contributed by atoms with Crippen LogP contribution in [0, 0.1) is 28.6 Å². The highest BCUT2D eigenvalue weighted by molar-refractivity contribution is 6.23. The highest BCUT2D eigenvalue weighted by atomic mass is 35.5. The third-order valence-corrected chi connectivity index (χ3v) is 8.84. The first-order valence-corrected chi connectivity index (χ1v) is 10.8. The zero-order chi connectivity index (χ0) is 22.2. The van der Waals surface area contributed by atoms with Crippen molar-refractivity contribution in [2.24, 2.45) is 28.6 Å². The van der Waals surface area contributed by atoms with Gasteiger partial charge in [-0.25, -0.2) is 4.79 Å². The molecule has 8 heteroatoms. The van der Waals surface area contributed by atoms with Crippen LogP contribution in [0.4, 0.5) is 0 Å². The summed E-state index contributed by atoms with van der Waals surface area (Å²) < 4.78 is 10.9. The lowest BCUT2D eigenvalue weighted by Gasteiger charge is -2.60. The summed E-state index contributed by atoms with van der Waals surface area (Å²) in [6.07, 6.45) is 1.14. The molecule has 30 heavy (non-hydrogen) atoms. The van der Waals surface area contributed by atoms with Crippen LogP contribution in [0.3, 0.4) is 0 Å². The van der Waals surface area contributed by atoms with E-state index in [1.165, 1.54) is 19.9 Å². The average molecular weight is 439 g/mol. The van der Waals surface area contributed by atoms with Gasteiger partial charge in [-0.2, -0.15) is 0 Å². The van der Waals surface area contributed by atoms with Crippen LogP contribution in [-0.2, 0) is 28.7 Å². The van der Waals surface area contributed by atoms with Crippen molar-refractivity contribution in [2.45, 2.75) is 64.0 Å². The SMILES string of the molecule is CC(=O)O[C@]1(C(C)=O)CC(=O)C2C3C(O)[C@@H](Cl)C4=CC(=O)OCC4(C)C3CCC21C. The Balaban J connectivity index is 1.84. The fraction of sp³-hybridized carbons (Fsp3) is 0.727. The van der Waals surface area contributed by atoms with E-state index in [4.69, 9.17) is 21.1 Å². The third kappa shape index (κ3) is 2.54. The zero-order valence-corrected chi connectivity index (χ0v) is 18.3. The Hall–Kier alpha value is -1.73. The van der Waals surface area contributed by atoms with E-state index in [9.17, 15) is 24.3 Å². The molecule has 1 aliphatic heterocycles. The van der Waals surface area contributed by atoms with E-state index >= 15 is 0 Å². The molecule has 3 saturated carbocycles. The monoisotopic (exact) mass is 438 g/mol. The van der Waals surface area contributed by atoms with Crippen molar-refractivity contribution in [3.8, 4) is 0 Å². The fourth-order valence-corrected chi connectivity index (χ4v) is 7.43. The van der Waals surface area contributed by atoms with E-state index in [-0.39, 0.29) is 30.5 Å². The number of carbonyl (C=O) groups is 4. The van der Waals surface area contributed by atoms with Crippen molar-refractivity contribution in [1.29, 1.82) is 0 Å². The molecule has 0 bridgehead atoms. The summed E-state index contributed by atoms with van der Waals surface area (Å²) in [5.74, 6) is -3.04. The number of ether oxygens (including phenoxy) is 2. The second-order valence-corrected chi connectivity index (χ2v) is 10.2. The van der Waals surface area contributed by atoms with Gasteiger partial charge in [-0.05, 0) is 31.3 Å². The van der Waals surface area contributed by atoms with Gasteiger partial charge in [0.25, 0.3) is 0 Å². The fourth-order valence-electron chi connectivity index (χ4n) is 6.95. The molecule has 4 aliphatic rings. The van der Waals surface area contributed by atoms with E-state index in [1.807, 2.05) is 13.8 Å². The summed E-state index contributed by atoms with van der Waals surface area (Å²) in [6.45, 7) is 6.48. The van der Waals surface area contributed by atoms with Crippen LogP contribution >= 0.6 is 11.6 Å². The van der Waals surface area contributed by atoms with Gasteiger partial charge >= 0.3 is 11.9 Å². The molecular weight excluding hydrogens is 412 g/mol. The average Bonchev–Trinajstić information content (AvgIpc) is 2.88. The first-order chi connectivity index (χ1) is 13.9. The lowest BCUT2D eigenvalue weighted by molar-refractivity contribution is -0.193. The van der Waals surface area contributed by atoms with Crippen molar-refractivity contribution in [2.75, 3.05) is 6.61 Å². The second-order valence-electron chi connectivity index (χ2n) is 9.75. The lowest BCUT2D eigenvalue weighted by atomic mass is 9.46. The van der Waals surface area contributed by atoms with E-state index in [2.05, 4.69) is 0 Å². The van der Waals surface area contributed by atoms with Gasteiger partial charge in [0.2, 0.25) is 0 Å². The van der Waals surface area contributed by atoms with Gasteiger partial charge in [0.1, 0.15) is 12.4 Å². The lowest BCUT2D eigenvalue weighted by Crippen LogP contribution is -2.64. The smallest absolute Gasteiger partial charge is 0.330 e. The normalized spacial score (nSPS) is 47.4. The van der Waals surface area contributed by atoms with Crippen LogP contribution in [0.1, 0.15) is 47.0 Å². The molecule has 0 aromatic heterocycles. The molecular formula is C22H27ClO7. The molecule has 0 amide bonds. The number of alkyl halides is 1. The number of ketones is 2. The Morgan fingerprint density at radius 1 is 1.27 bits per heavy atom. The van der Waals surface area contributed by atoms with E-state index in [1.54, 1.807) is 0 Å². The topological polar surface area (TPSA) is 107 Å². The van der Waals surface area contributed by atoms with Gasteiger partial charge in [0.05, 0.1) is 17.9 Å². The van der Waals surface area contributed by atoms with Crippen LogP contribution < -0.4 is 0 Å². The minimum absolute atomic E-state index is 0.133. The molecule has 0 aromatic carbocycles. The van der Waals surface area contributed by atoms with Crippen molar-refractivity contribution < 1.29 is 33.8 Å². The molecule has 1 heterocycles. The quantitative estimate of drug-likeness (QED) is 0.518. The zero-order valence-electron chi connectivity index (χ0n) is 17.6. The molecule has 0 saturated heterocycles. The minimum Gasteiger partial charge on any atom is -0.462 e. The third-order valence-electron chi connectivity index (χ3n) is 8.35. The first-order valence-electron chi connectivity index (χ1n) is 10.3. The number of Topliss-reactive ketones (excluding diaryl/α,β-unsaturated/α-hetero) is 2. The molecule has 0 aromatic rings. The van der Waals surface area contributed by atoms with Crippen molar-refractivity contribution in [3.05, 3.63) is 11.6 Å². The van der Waals surface area contributed by atoms with Crippen LogP contribution in [0.5, 0.6) is 0 Å². The number of cyclic esters (lactones) is 1. The highest BCUT2D eigenvalue weighted by Crippen LogP contribution is 2.67. The molecule has 7 nitrogen and oxygen atoms in total.